The van der Waals surface area contributed by atoms with Gasteiger partial charge in [-0.15, -0.1) is 0 Å². The van der Waals surface area contributed by atoms with E-state index in [0.717, 1.165) is 0 Å². The van der Waals surface area contributed by atoms with Crippen LogP contribution >= 0.6 is 0 Å². The molecule has 1 aliphatic heterocycles. The van der Waals surface area contributed by atoms with Gasteiger partial charge in [-0.05, 0) is 26.8 Å². The summed E-state index contributed by atoms with van der Waals surface area (Å²) >= 11 is 0. The highest BCUT2D eigenvalue weighted by Crippen LogP contribution is 2.34. The van der Waals surface area contributed by atoms with Gasteiger partial charge in [-0.25, -0.2) is 22.4 Å². The van der Waals surface area contributed by atoms with Crippen LogP contribution < -0.4 is 4.90 Å². The SMILES string of the molecule is CC(C)(C)OC(=O)N1CCN(c2ccc(CC#N)c(F)c2F)CC1c1ccc(CC#N)c(F)c1F. The second-order valence-corrected chi connectivity index (χ2v) is 9.12. The van der Waals surface area contributed by atoms with E-state index in [1.54, 1.807) is 32.9 Å². The average molecular weight is 488 g/mol. The maximum Gasteiger partial charge on any atom is 0.410 e. The van der Waals surface area contributed by atoms with E-state index in [4.69, 9.17) is 15.3 Å². The maximum atomic E-state index is 15.1. The summed E-state index contributed by atoms with van der Waals surface area (Å²) in [7, 11) is 0. The molecule has 1 atom stereocenters. The smallest absolute Gasteiger partial charge is 0.410 e. The molecule has 6 nitrogen and oxygen atoms in total. The predicted octanol–water partition coefficient (Wildman–Crippen LogP) is 5.17. The van der Waals surface area contributed by atoms with Crippen molar-refractivity contribution in [2.75, 3.05) is 24.5 Å². The number of rotatable bonds is 4. The lowest BCUT2D eigenvalue weighted by atomic mass is 9.98. The van der Waals surface area contributed by atoms with Crippen LogP contribution in [0, 0.1) is 45.9 Å². The Morgan fingerprint density at radius 2 is 1.51 bits per heavy atom. The van der Waals surface area contributed by atoms with E-state index in [2.05, 4.69) is 0 Å². The van der Waals surface area contributed by atoms with Gasteiger partial charge in [0, 0.05) is 36.3 Å². The molecule has 184 valence electrons. The van der Waals surface area contributed by atoms with Gasteiger partial charge in [-0.3, -0.25) is 4.90 Å². The number of ether oxygens (including phenoxy) is 1. The number of carbonyl (C=O) groups excluding carboxylic acids is 1. The van der Waals surface area contributed by atoms with Gasteiger partial charge < -0.3 is 9.64 Å². The summed E-state index contributed by atoms with van der Waals surface area (Å²) in [5, 5.41) is 17.6. The molecule has 0 saturated carbocycles. The lowest BCUT2D eigenvalue weighted by Gasteiger charge is -2.43. The summed E-state index contributed by atoms with van der Waals surface area (Å²) in [5.41, 5.74) is -1.39. The zero-order valence-corrected chi connectivity index (χ0v) is 19.5. The number of carbonyl (C=O) groups is 1. The van der Waals surface area contributed by atoms with E-state index >= 15 is 4.39 Å². The van der Waals surface area contributed by atoms with Crippen molar-refractivity contribution in [2.24, 2.45) is 0 Å². The van der Waals surface area contributed by atoms with E-state index in [1.165, 1.54) is 34.1 Å². The monoisotopic (exact) mass is 488 g/mol. The van der Waals surface area contributed by atoms with Gasteiger partial charge in [-0.2, -0.15) is 10.5 Å². The first kappa shape index (κ1) is 25.8. The fourth-order valence-electron chi connectivity index (χ4n) is 3.94. The number of nitriles is 2. The highest BCUT2D eigenvalue weighted by atomic mass is 19.2. The number of amides is 1. The lowest BCUT2D eigenvalue weighted by Crippen LogP contribution is -2.52. The third-order valence-corrected chi connectivity index (χ3v) is 5.58. The molecule has 1 fully saturated rings. The topological polar surface area (TPSA) is 80.4 Å². The third kappa shape index (κ3) is 5.48. The van der Waals surface area contributed by atoms with Crippen molar-refractivity contribution < 1.29 is 27.1 Å². The number of halogens is 4. The molecule has 0 bridgehead atoms. The number of piperazine rings is 1. The van der Waals surface area contributed by atoms with Gasteiger partial charge in [0.1, 0.15) is 5.60 Å². The number of hydrogen-bond donors (Lipinski definition) is 0. The van der Waals surface area contributed by atoms with Crippen LogP contribution in [0.3, 0.4) is 0 Å². The molecule has 0 N–H and O–H groups in total. The standard InChI is InChI=1S/C25H24F4N4O2/c1-25(2,3)35-24(34)33-13-12-32(18-7-5-16(9-11-31)21(27)23(18)29)14-19(33)17-6-4-15(8-10-30)20(26)22(17)28/h4-7,19H,8-9,12-14H2,1-3H3. The molecule has 35 heavy (non-hydrogen) atoms. The first-order valence-electron chi connectivity index (χ1n) is 10.9. The van der Waals surface area contributed by atoms with Gasteiger partial charge in [0.05, 0.1) is 36.7 Å². The van der Waals surface area contributed by atoms with E-state index in [-0.39, 0.29) is 54.9 Å². The Bertz CT molecular complexity index is 1210. The normalized spacial score (nSPS) is 16.0. The maximum absolute atomic E-state index is 15.1. The summed E-state index contributed by atoms with van der Waals surface area (Å²) in [6.07, 6.45) is -1.41. The molecule has 1 saturated heterocycles. The van der Waals surface area contributed by atoms with Crippen molar-refractivity contribution in [1.82, 2.24) is 4.90 Å². The second kappa shape index (κ2) is 10.2. The summed E-state index contributed by atoms with van der Waals surface area (Å²) in [4.78, 5) is 15.6. The molecule has 1 amide bonds. The van der Waals surface area contributed by atoms with Crippen molar-refractivity contribution in [2.45, 2.75) is 45.3 Å². The predicted molar refractivity (Wildman–Crippen MR) is 119 cm³/mol. The van der Waals surface area contributed by atoms with Crippen LogP contribution in [0.2, 0.25) is 0 Å². The summed E-state index contributed by atoms with van der Waals surface area (Å²) in [6, 6.07) is 7.59. The molecular weight excluding hydrogens is 464 g/mol. The van der Waals surface area contributed by atoms with Crippen LogP contribution in [0.25, 0.3) is 0 Å². The Balaban J connectivity index is 2.03. The number of nitrogens with zero attached hydrogens (tertiary/aromatic N) is 4. The van der Waals surface area contributed by atoms with Gasteiger partial charge in [-0.1, -0.05) is 18.2 Å². The third-order valence-electron chi connectivity index (χ3n) is 5.58. The molecule has 0 spiro atoms. The first-order chi connectivity index (χ1) is 16.5. The Hall–Kier alpha value is -3.79. The minimum Gasteiger partial charge on any atom is -0.444 e. The highest BCUT2D eigenvalue weighted by molar-refractivity contribution is 5.70. The molecule has 0 radical (unpaired) electrons. The van der Waals surface area contributed by atoms with Crippen molar-refractivity contribution in [3.8, 4) is 12.1 Å². The Labute approximate surface area is 200 Å². The van der Waals surface area contributed by atoms with Crippen LogP contribution in [0.1, 0.15) is 43.5 Å². The zero-order chi connectivity index (χ0) is 25.9. The van der Waals surface area contributed by atoms with Crippen molar-refractivity contribution in [3.05, 3.63) is 64.2 Å². The molecule has 0 aliphatic carbocycles. The summed E-state index contributed by atoms with van der Waals surface area (Å²) in [6.45, 7) is 4.83. The molecule has 10 heteroatoms. The molecule has 1 aliphatic rings. The second-order valence-electron chi connectivity index (χ2n) is 9.12. The molecule has 1 unspecified atom stereocenters. The molecule has 0 aromatic heterocycles. The van der Waals surface area contributed by atoms with Crippen molar-refractivity contribution in [3.63, 3.8) is 0 Å². The van der Waals surface area contributed by atoms with Crippen LogP contribution in [0.4, 0.5) is 28.0 Å². The quantitative estimate of drug-likeness (QED) is 0.555. The Morgan fingerprint density at radius 1 is 0.943 bits per heavy atom. The van der Waals surface area contributed by atoms with Gasteiger partial charge in [0.25, 0.3) is 0 Å². The van der Waals surface area contributed by atoms with Crippen LogP contribution in [-0.2, 0) is 17.6 Å². The van der Waals surface area contributed by atoms with Crippen LogP contribution in [-0.4, -0.2) is 36.2 Å². The molecule has 1 heterocycles. The lowest BCUT2D eigenvalue weighted by molar-refractivity contribution is 0.0133. The Morgan fingerprint density at radius 3 is 2.09 bits per heavy atom. The average Bonchev–Trinajstić information content (AvgIpc) is 2.79. The minimum atomic E-state index is -1.23. The molecular formula is C25H24F4N4O2. The van der Waals surface area contributed by atoms with Crippen molar-refractivity contribution >= 4 is 11.8 Å². The van der Waals surface area contributed by atoms with Gasteiger partial charge in [0.15, 0.2) is 23.3 Å². The minimum absolute atomic E-state index is 0.0401. The molecule has 3 rings (SSSR count). The summed E-state index contributed by atoms with van der Waals surface area (Å²) in [5.74, 6) is -4.76. The first-order valence-corrected chi connectivity index (χ1v) is 10.9. The van der Waals surface area contributed by atoms with Crippen LogP contribution in [0.15, 0.2) is 24.3 Å². The van der Waals surface area contributed by atoms with E-state index in [1.807, 2.05) is 0 Å². The van der Waals surface area contributed by atoms with E-state index in [9.17, 15) is 18.0 Å². The fourth-order valence-corrected chi connectivity index (χ4v) is 3.94. The number of hydrogen-bond acceptors (Lipinski definition) is 5. The molecule has 2 aromatic carbocycles. The van der Waals surface area contributed by atoms with Crippen molar-refractivity contribution in [1.29, 1.82) is 10.5 Å². The number of anilines is 1. The van der Waals surface area contributed by atoms with E-state index in [0.29, 0.717) is 0 Å². The number of benzene rings is 2. The largest absolute Gasteiger partial charge is 0.444 e. The fraction of sp³-hybridized carbons (Fsp3) is 0.400. The highest BCUT2D eigenvalue weighted by Gasteiger charge is 2.37. The Kier molecular flexibility index (Phi) is 7.54. The van der Waals surface area contributed by atoms with Crippen LogP contribution in [0.5, 0.6) is 0 Å². The van der Waals surface area contributed by atoms with E-state index < -0.39 is 41.0 Å². The molecule has 2 aromatic rings. The van der Waals surface area contributed by atoms with Gasteiger partial charge in [0.2, 0.25) is 0 Å². The van der Waals surface area contributed by atoms with Gasteiger partial charge >= 0.3 is 6.09 Å². The zero-order valence-electron chi connectivity index (χ0n) is 19.5. The summed E-state index contributed by atoms with van der Waals surface area (Å²) < 4.78 is 64.5.